The molecule has 0 atom stereocenters. The number of aromatic nitrogens is 1. The van der Waals surface area contributed by atoms with Gasteiger partial charge in [0.2, 0.25) is 0 Å². The van der Waals surface area contributed by atoms with Gasteiger partial charge in [-0.3, -0.25) is 0 Å². The quantitative estimate of drug-likeness (QED) is 0.653. The summed E-state index contributed by atoms with van der Waals surface area (Å²) >= 11 is 0. The van der Waals surface area contributed by atoms with Crippen LogP contribution in [-0.4, -0.2) is 12.0 Å². The van der Waals surface area contributed by atoms with Gasteiger partial charge < -0.3 is 9.73 Å². The van der Waals surface area contributed by atoms with E-state index in [2.05, 4.69) is 22.4 Å². The number of rotatable bonds is 1. The molecule has 15 heavy (non-hydrogen) atoms. The Morgan fingerprint density at radius 1 is 1.13 bits per heavy atom. The van der Waals surface area contributed by atoms with Crippen LogP contribution in [0.3, 0.4) is 0 Å². The molecule has 0 aliphatic heterocycles. The third-order valence-electron chi connectivity index (χ3n) is 2.49. The molecule has 0 radical (unpaired) electrons. The van der Waals surface area contributed by atoms with Crippen LogP contribution in [0.1, 0.15) is 0 Å². The second-order valence-corrected chi connectivity index (χ2v) is 3.40. The highest BCUT2D eigenvalue weighted by Gasteiger charge is 2.06. The first kappa shape index (κ1) is 8.29. The molecule has 1 N–H and O–H groups in total. The number of benzene rings is 2. The zero-order valence-corrected chi connectivity index (χ0v) is 8.32. The fourth-order valence-corrected chi connectivity index (χ4v) is 1.76. The van der Waals surface area contributed by atoms with Crippen molar-refractivity contribution in [2.75, 3.05) is 12.4 Å². The van der Waals surface area contributed by atoms with E-state index in [-0.39, 0.29) is 0 Å². The van der Waals surface area contributed by atoms with E-state index in [4.69, 9.17) is 4.42 Å². The van der Waals surface area contributed by atoms with Crippen molar-refractivity contribution < 1.29 is 4.42 Å². The van der Waals surface area contributed by atoms with Gasteiger partial charge in [0, 0.05) is 12.4 Å². The summed E-state index contributed by atoms with van der Waals surface area (Å²) < 4.78 is 5.61. The molecule has 0 aliphatic carbocycles. The van der Waals surface area contributed by atoms with E-state index in [9.17, 15) is 0 Å². The minimum atomic E-state index is 0.557. The van der Waals surface area contributed by atoms with Crippen molar-refractivity contribution in [3.8, 4) is 0 Å². The Hall–Kier alpha value is -2.03. The second kappa shape index (κ2) is 2.98. The van der Waals surface area contributed by atoms with Crippen LogP contribution < -0.4 is 5.32 Å². The van der Waals surface area contributed by atoms with Gasteiger partial charge in [0.1, 0.15) is 5.52 Å². The monoisotopic (exact) mass is 198 g/mol. The van der Waals surface area contributed by atoms with E-state index < -0.39 is 0 Å². The first-order valence-corrected chi connectivity index (χ1v) is 4.84. The van der Waals surface area contributed by atoms with Crippen LogP contribution in [0.15, 0.2) is 40.8 Å². The molecule has 3 heteroatoms. The number of hydrogen-bond acceptors (Lipinski definition) is 3. The molecule has 0 bridgehead atoms. The summed E-state index contributed by atoms with van der Waals surface area (Å²) in [5, 5.41) is 5.17. The molecule has 3 aromatic rings. The lowest BCUT2D eigenvalue weighted by atomic mass is 10.1. The number of nitrogens with one attached hydrogen (secondary N) is 1. The van der Waals surface area contributed by atoms with Crippen molar-refractivity contribution in [3.05, 3.63) is 36.4 Å². The van der Waals surface area contributed by atoms with Gasteiger partial charge in [-0.25, -0.2) is 0 Å². The summed E-state index contributed by atoms with van der Waals surface area (Å²) in [7, 11) is 1.80. The molecule has 0 amide bonds. The summed E-state index contributed by atoms with van der Waals surface area (Å²) in [5.74, 6) is 0. The second-order valence-electron chi connectivity index (χ2n) is 3.40. The minimum absolute atomic E-state index is 0.557. The molecule has 0 fully saturated rings. The van der Waals surface area contributed by atoms with Crippen LogP contribution >= 0.6 is 0 Å². The van der Waals surface area contributed by atoms with Gasteiger partial charge in [-0.1, -0.05) is 30.3 Å². The number of hydrogen-bond donors (Lipinski definition) is 1. The molecule has 0 saturated carbocycles. The lowest BCUT2D eigenvalue weighted by Gasteiger charge is -1.95. The van der Waals surface area contributed by atoms with Crippen molar-refractivity contribution in [3.63, 3.8) is 0 Å². The topological polar surface area (TPSA) is 38.1 Å². The molecule has 3 nitrogen and oxygen atoms in total. The van der Waals surface area contributed by atoms with Gasteiger partial charge in [-0.2, -0.15) is 4.98 Å². The van der Waals surface area contributed by atoms with Crippen LogP contribution in [0, 0.1) is 0 Å². The van der Waals surface area contributed by atoms with Gasteiger partial charge in [-0.05, 0) is 11.5 Å². The number of oxazole rings is 1. The largest absolute Gasteiger partial charge is 0.423 e. The summed E-state index contributed by atoms with van der Waals surface area (Å²) in [4.78, 5) is 4.30. The van der Waals surface area contributed by atoms with Crippen molar-refractivity contribution in [2.45, 2.75) is 0 Å². The Balaban J connectivity index is 2.47. The highest BCUT2D eigenvalue weighted by Crippen LogP contribution is 2.27. The normalized spacial score (nSPS) is 11.0. The average Bonchev–Trinajstić information content (AvgIpc) is 2.72. The molecule has 0 spiro atoms. The predicted molar refractivity (Wildman–Crippen MR) is 61.1 cm³/mol. The van der Waals surface area contributed by atoms with Crippen molar-refractivity contribution in [1.82, 2.24) is 4.98 Å². The fourth-order valence-electron chi connectivity index (χ4n) is 1.76. The highest BCUT2D eigenvalue weighted by molar-refractivity contribution is 6.03. The molecule has 0 unspecified atom stereocenters. The molecular formula is C12H10N2O. The number of nitrogens with zero attached hydrogens (tertiary/aromatic N) is 1. The minimum Gasteiger partial charge on any atom is -0.423 e. The van der Waals surface area contributed by atoms with Gasteiger partial charge >= 0.3 is 0 Å². The maximum Gasteiger partial charge on any atom is 0.295 e. The maximum atomic E-state index is 5.61. The number of anilines is 1. The van der Waals surface area contributed by atoms with E-state index in [0.29, 0.717) is 6.01 Å². The van der Waals surface area contributed by atoms with Gasteiger partial charge in [0.05, 0.1) is 0 Å². The standard InChI is InChI=1S/C12H10N2O/c1-13-12-14-10-7-6-8-4-2-3-5-9(8)11(10)15-12/h2-7H,1H3,(H,13,14). The molecular weight excluding hydrogens is 188 g/mol. The number of fused-ring (bicyclic) bond motifs is 3. The SMILES string of the molecule is CNc1nc2ccc3ccccc3c2o1. The van der Waals surface area contributed by atoms with E-state index in [1.165, 1.54) is 5.39 Å². The van der Waals surface area contributed by atoms with Crippen molar-refractivity contribution >= 4 is 27.9 Å². The maximum absolute atomic E-state index is 5.61. The summed E-state index contributed by atoms with van der Waals surface area (Å²) in [5.41, 5.74) is 1.73. The first-order valence-electron chi connectivity index (χ1n) is 4.84. The van der Waals surface area contributed by atoms with E-state index in [1.807, 2.05) is 24.3 Å². The Morgan fingerprint density at radius 2 is 2.00 bits per heavy atom. The third kappa shape index (κ3) is 1.16. The zero-order valence-electron chi connectivity index (χ0n) is 8.32. The lowest BCUT2D eigenvalue weighted by Crippen LogP contribution is -1.85. The lowest BCUT2D eigenvalue weighted by molar-refractivity contribution is 0.623. The summed E-state index contributed by atoms with van der Waals surface area (Å²) in [6, 6.07) is 12.7. The molecule has 74 valence electrons. The molecule has 0 aliphatic rings. The molecule has 3 rings (SSSR count). The van der Waals surface area contributed by atoms with Gasteiger partial charge in [0.25, 0.3) is 6.01 Å². The highest BCUT2D eigenvalue weighted by atomic mass is 16.4. The first-order chi connectivity index (χ1) is 7.38. The average molecular weight is 198 g/mol. The fraction of sp³-hybridized carbons (Fsp3) is 0.0833. The Morgan fingerprint density at radius 3 is 2.87 bits per heavy atom. The van der Waals surface area contributed by atoms with Crippen LogP contribution in [0.5, 0.6) is 0 Å². The van der Waals surface area contributed by atoms with Gasteiger partial charge in [-0.15, -0.1) is 0 Å². The third-order valence-corrected chi connectivity index (χ3v) is 2.49. The molecule has 1 aromatic heterocycles. The molecule has 2 aromatic carbocycles. The van der Waals surface area contributed by atoms with Crippen molar-refractivity contribution in [1.29, 1.82) is 0 Å². The Labute approximate surface area is 86.7 Å². The van der Waals surface area contributed by atoms with Crippen molar-refractivity contribution in [2.24, 2.45) is 0 Å². The Bertz CT molecular complexity index is 628. The van der Waals surface area contributed by atoms with Crippen LogP contribution in [0.4, 0.5) is 6.01 Å². The van der Waals surface area contributed by atoms with Gasteiger partial charge in [0.15, 0.2) is 5.58 Å². The van der Waals surface area contributed by atoms with Crippen LogP contribution in [-0.2, 0) is 0 Å². The summed E-state index contributed by atoms with van der Waals surface area (Å²) in [6.45, 7) is 0. The predicted octanol–water partition coefficient (Wildman–Crippen LogP) is 3.02. The van der Waals surface area contributed by atoms with E-state index in [0.717, 1.165) is 16.5 Å². The Kier molecular flexibility index (Phi) is 1.65. The molecule has 0 saturated heterocycles. The van der Waals surface area contributed by atoms with E-state index >= 15 is 0 Å². The zero-order chi connectivity index (χ0) is 10.3. The van der Waals surface area contributed by atoms with Crippen LogP contribution in [0.25, 0.3) is 21.9 Å². The van der Waals surface area contributed by atoms with E-state index in [1.54, 1.807) is 7.05 Å². The smallest absolute Gasteiger partial charge is 0.295 e. The van der Waals surface area contributed by atoms with Crippen LogP contribution in [0.2, 0.25) is 0 Å². The summed E-state index contributed by atoms with van der Waals surface area (Å²) in [6.07, 6.45) is 0. The molecule has 1 heterocycles.